The number of carbonyl (C=O) groups is 1. The van der Waals surface area contributed by atoms with Crippen LogP contribution in [0.15, 0.2) is 54.1 Å². The van der Waals surface area contributed by atoms with Crippen LogP contribution < -0.4 is 10.1 Å². The molecule has 0 atom stereocenters. The predicted octanol–water partition coefficient (Wildman–Crippen LogP) is 11.7. The van der Waals surface area contributed by atoms with Crippen LogP contribution in [0.4, 0.5) is 5.69 Å². The van der Waals surface area contributed by atoms with Crippen LogP contribution in [0, 0.1) is 0 Å². The average molecular weight is 674 g/mol. The van der Waals surface area contributed by atoms with E-state index in [1.165, 1.54) is 89.0 Å². The number of anilines is 1. The number of benzene rings is 2. The maximum Gasteiger partial charge on any atom is 0.255 e. The lowest BCUT2D eigenvalue weighted by molar-refractivity contribution is 0.102. The van der Waals surface area contributed by atoms with Crippen LogP contribution in [0.5, 0.6) is 5.75 Å². The Labute approximate surface area is 277 Å². The Balaban J connectivity index is 0.00000645. The fourth-order valence-electron chi connectivity index (χ4n) is 5.41. The number of amides is 1. The van der Waals surface area contributed by atoms with Crippen molar-refractivity contribution in [2.24, 2.45) is 0 Å². The molecule has 0 fully saturated rings. The van der Waals surface area contributed by atoms with Crippen molar-refractivity contribution < 1.29 is 9.53 Å². The van der Waals surface area contributed by atoms with Crippen molar-refractivity contribution >= 4 is 40.3 Å². The Hall–Kier alpha value is -1.92. The minimum Gasteiger partial charge on any atom is -0.493 e. The van der Waals surface area contributed by atoms with E-state index >= 15 is 0 Å². The molecule has 0 unspecified atom stereocenters. The first-order valence-corrected chi connectivity index (χ1v) is 17.6. The molecule has 1 aliphatic rings. The zero-order valence-corrected chi connectivity index (χ0v) is 29.8. The van der Waals surface area contributed by atoms with Crippen molar-refractivity contribution in [2.45, 2.75) is 130 Å². The average Bonchev–Trinajstić information content (AvgIpc) is 3.48. The number of rotatable bonds is 20. The van der Waals surface area contributed by atoms with Crippen molar-refractivity contribution in [1.29, 1.82) is 0 Å². The normalized spacial score (nSPS) is 12.8. The molecule has 240 valence electrons. The third-order valence-electron chi connectivity index (χ3n) is 8.01. The number of halogens is 1. The molecule has 0 aliphatic carbocycles. The van der Waals surface area contributed by atoms with E-state index in [2.05, 4.69) is 55.6 Å². The molecule has 3 rings (SSSR count). The van der Waals surface area contributed by atoms with Crippen molar-refractivity contribution in [2.75, 3.05) is 17.8 Å². The topological polar surface area (TPSA) is 41.6 Å². The van der Waals surface area contributed by atoms with Gasteiger partial charge in [-0.05, 0) is 53.1 Å². The Bertz CT molecular complexity index is 1080. The second-order valence-corrected chi connectivity index (χ2v) is 13.7. The van der Waals surface area contributed by atoms with Gasteiger partial charge in [0.25, 0.3) is 5.91 Å². The summed E-state index contributed by atoms with van der Waals surface area (Å²) in [5, 5.41) is 5.21. The summed E-state index contributed by atoms with van der Waals surface area (Å²) in [7, 11) is 0. The number of nitrogens with zero attached hydrogens (tertiary/aromatic N) is 1. The SMILES string of the molecule is Br.CCCCCCCCCCCCCCCCOc1ccc(NC(=O)c2ccc(CN3C=CSC3)cc2)cc1C(C)(C)C. The minimum atomic E-state index is -0.0888. The van der Waals surface area contributed by atoms with Gasteiger partial charge in [0.05, 0.1) is 12.5 Å². The number of unbranched alkanes of at least 4 members (excludes halogenated alkanes) is 13. The molecule has 2 aromatic carbocycles. The van der Waals surface area contributed by atoms with Crippen molar-refractivity contribution in [3.05, 3.63) is 70.8 Å². The molecule has 0 aromatic heterocycles. The molecule has 0 spiro atoms. The molecule has 1 N–H and O–H groups in total. The Kier molecular flexibility index (Phi) is 18.1. The monoisotopic (exact) mass is 672 g/mol. The predicted molar refractivity (Wildman–Crippen MR) is 193 cm³/mol. The van der Waals surface area contributed by atoms with Crippen LogP contribution in [0.2, 0.25) is 0 Å². The van der Waals surface area contributed by atoms with Gasteiger partial charge in [-0.25, -0.2) is 0 Å². The van der Waals surface area contributed by atoms with Gasteiger partial charge < -0.3 is 15.0 Å². The van der Waals surface area contributed by atoms with Gasteiger partial charge >= 0.3 is 0 Å². The van der Waals surface area contributed by atoms with Gasteiger partial charge in [0.15, 0.2) is 0 Å². The summed E-state index contributed by atoms with van der Waals surface area (Å²) in [5.74, 6) is 1.82. The van der Waals surface area contributed by atoms with Crippen LogP contribution in [0.25, 0.3) is 0 Å². The summed E-state index contributed by atoms with van der Waals surface area (Å²) >= 11 is 1.80. The highest BCUT2D eigenvalue weighted by Gasteiger charge is 2.20. The van der Waals surface area contributed by atoms with Crippen LogP contribution in [-0.4, -0.2) is 23.3 Å². The fraction of sp³-hybridized carbons (Fsp3) is 0.595. The number of hydrogen-bond acceptors (Lipinski definition) is 4. The maximum absolute atomic E-state index is 13.0. The zero-order valence-electron chi connectivity index (χ0n) is 27.3. The van der Waals surface area contributed by atoms with E-state index in [9.17, 15) is 4.79 Å². The van der Waals surface area contributed by atoms with E-state index in [1.54, 1.807) is 11.8 Å². The zero-order chi connectivity index (χ0) is 30.0. The van der Waals surface area contributed by atoms with Crippen LogP contribution >= 0.6 is 28.7 Å². The summed E-state index contributed by atoms with van der Waals surface area (Å²) in [4.78, 5) is 15.2. The van der Waals surface area contributed by atoms with E-state index in [4.69, 9.17) is 4.74 Å². The van der Waals surface area contributed by atoms with E-state index in [-0.39, 0.29) is 28.3 Å². The van der Waals surface area contributed by atoms with Gasteiger partial charge in [0.2, 0.25) is 0 Å². The molecule has 43 heavy (non-hydrogen) atoms. The number of carbonyl (C=O) groups excluding carboxylic acids is 1. The highest BCUT2D eigenvalue weighted by molar-refractivity contribution is 8.93. The van der Waals surface area contributed by atoms with E-state index < -0.39 is 0 Å². The number of hydrogen-bond donors (Lipinski definition) is 1. The van der Waals surface area contributed by atoms with Crippen molar-refractivity contribution in [3.8, 4) is 5.75 Å². The fourth-order valence-corrected chi connectivity index (χ4v) is 6.12. The van der Waals surface area contributed by atoms with Gasteiger partial charge in [-0.15, -0.1) is 28.7 Å². The molecule has 0 saturated carbocycles. The quantitative estimate of drug-likeness (QED) is 0.142. The third-order valence-corrected chi connectivity index (χ3v) is 8.81. The molecular formula is C37H57BrN2O2S. The lowest BCUT2D eigenvalue weighted by Gasteiger charge is -2.24. The second kappa shape index (κ2) is 20.9. The first-order valence-electron chi connectivity index (χ1n) is 16.6. The number of thioether (sulfide) groups is 1. The number of ether oxygens (including phenoxy) is 1. The molecular weight excluding hydrogens is 616 g/mol. The number of nitrogens with one attached hydrogen (secondary N) is 1. The second-order valence-electron chi connectivity index (χ2n) is 12.9. The molecule has 2 aromatic rings. The Morgan fingerprint density at radius 2 is 1.42 bits per heavy atom. The smallest absolute Gasteiger partial charge is 0.255 e. The van der Waals surface area contributed by atoms with Crippen LogP contribution in [0.1, 0.15) is 139 Å². The van der Waals surface area contributed by atoms with Crippen molar-refractivity contribution in [3.63, 3.8) is 0 Å². The van der Waals surface area contributed by atoms with Crippen LogP contribution in [-0.2, 0) is 12.0 Å². The lowest BCUT2D eigenvalue weighted by Crippen LogP contribution is -2.17. The molecule has 0 bridgehead atoms. The van der Waals surface area contributed by atoms with Gasteiger partial charge in [-0.2, -0.15) is 0 Å². The molecule has 1 heterocycles. The third kappa shape index (κ3) is 14.6. The van der Waals surface area contributed by atoms with E-state index in [0.717, 1.165) is 42.4 Å². The Morgan fingerprint density at radius 1 is 0.837 bits per heavy atom. The van der Waals surface area contributed by atoms with Gasteiger partial charge in [-0.3, -0.25) is 4.79 Å². The maximum atomic E-state index is 13.0. The summed E-state index contributed by atoms with van der Waals surface area (Å²) in [5.41, 5.74) is 3.71. The van der Waals surface area contributed by atoms with Gasteiger partial charge in [-0.1, -0.05) is 123 Å². The Morgan fingerprint density at radius 3 is 1.95 bits per heavy atom. The van der Waals surface area contributed by atoms with E-state index in [1.807, 2.05) is 36.4 Å². The molecule has 1 aliphatic heterocycles. The highest BCUT2D eigenvalue weighted by Crippen LogP contribution is 2.34. The molecule has 6 heteroatoms. The molecule has 1 amide bonds. The summed E-state index contributed by atoms with van der Waals surface area (Å²) in [6.45, 7) is 10.5. The molecule has 0 radical (unpaired) electrons. The van der Waals surface area contributed by atoms with Gasteiger partial charge in [0.1, 0.15) is 5.75 Å². The van der Waals surface area contributed by atoms with Gasteiger partial charge in [0, 0.05) is 29.6 Å². The molecule has 4 nitrogen and oxygen atoms in total. The largest absolute Gasteiger partial charge is 0.493 e. The summed E-state index contributed by atoms with van der Waals surface area (Å²) < 4.78 is 6.26. The lowest BCUT2D eigenvalue weighted by atomic mass is 9.86. The van der Waals surface area contributed by atoms with Crippen LogP contribution in [0.3, 0.4) is 0 Å². The standard InChI is InChI=1S/C37H56N2O2S.BrH/c1-5-6-7-8-9-10-11-12-13-14-15-16-17-18-26-41-35-24-23-33(28-34(35)37(2,3)4)38-36(40)32-21-19-31(20-22-32)29-39-25-27-42-30-39;/h19-25,27-28H,5-18,26,29-30H2,1-4H3,(H,38,40);1H. The summed E-state index contributed by atoms with van der Waals surface area (Å²) in [6, 6.07) is 14.0. The summed E-state index contributed by atoms with van der Waals surface area (Å²) in [6.07, 6.45) is 21.1. The van der Waals surface area contributed by atoms with E-state index in [0.29, 0.717) is 5.56 Å². The molecule has 0 saturated heterocycles. The first kappa shape index (κ1) is 37.3. The van der Waals surface area contributed by atoms with Crippen molar-refractivity contribution in [1.82, 2.24) is 4.90 Å². The minimum absolute atomic E-state index is 0. The highest BCUT2D eigenvalue weighted by atomic mass is 79.9. The first-order chi connectivity index (χ1) is 20.4.